The van der Waals surface area contributed by atoms with Crippen LogP contribution in [0.3, 0.4) is 0 Å². The molecule has 5 atom stereocenters. The highest BCUT2D eigenvalue weighted by atomic mass is 79.9. The Morgan fingerprint density at radius 1 is 0.814 bits per heavy atom. The van der Waals surface area contributed by atoms with Crippen molar-refractivity contribution >= 4 is 39.8 Å². The molecule has 234 valence electrons. The van der Waals surface area contributed by atoms with Crippen molar-refractivity contribution in [1.29, 1.82) is 0 Å². The van der Waals surface area contributed by atoms with Crippen molar-refractivity contribution in [3.8, 4) is 5.75 Å². The van der Waals surface area contributed by atoms with Crippen LogP contribution in [0.2, 0.25) is 0 Å². The highest BCUT2D eigenvalue weighted by molar-refractivity contribution is 9.10. The third kappa shape index (κ3) is 9.53. The van der Waals surface area contributed by atoms with Gasteiger partial charge >= 0.3 is 23.9 Å². The van der Waals surface area contributed by atoms with Crippen LogP contribution in [0.4, 0.5) is 0 Å². The summed E-state index contributed by atoms with van der Waals surface area (Å²) < 4.78 is 35.3. The smallest absolute Gasteiger partial charge is 0.303 e. The number of esters is 4. The molecule has 2 aromatic carbocycles. The fourth-order valence-corrected chi connectivity index (χ4v) is 5.44. The van der Waals surface area contributed by atoms with Crippen molar-refractivity contribution in [3.63, 3.8) is 0 Å². The molecule has 11 heteroatoms. The van der Waals surface area contributed by atoms with Crippen LogP contribution in [0, 0.1) is 5.92 Å². The number of methoxy groups -OCH3 is 1. The van der Waals surface area contributed by atoms with Crippen molar-refractivity contribution in [2.75, 3.05) is 13.7 Å². The highest BCUT2D eigenvalue weighted by Crippen LogP contribution is 2.42. The van der Waals surface area contributed by atoms with E-state index in [1.54, 1.807) is 0 Å². The minimum atomic E-state index is -1.28. The van der Waals surface area contributed by atoms with Gasteiger partial charge in [-0.25, -0.2) is 0 Å². The quantitative estimate of drug-likeness (QED) is 0.239. The monoisotopic (exact) mass is 662 g/mol. The van der Waals surface area contributed by atoms with Gasteiger partial charge in [0.15, 0.2) is 18.3 Å². The van der Waals surface area contributed by atoms with E-state index >= 15 is 0 Å². The molecule has 1 aliphatic rings. The van der Waals surface area contributed by atoms with Gasteiger partial charge in [0, 0.05) is 37.7 Å². The summed E-state index contributed by atoms with van der Waals surface area (Å²) in [5.41, 5.74) is 3.68. The lowest BCUT2D eigenvalue weighted by Gasteiger charge is -2.45. The topological polar surface area (TPSA) is 124 Å². The van der Waals surface area contributed by atoms with Crippen LogP contribution in [-0.4, -0.2) is 62.0 Å². The second-order valence-electron chi connectivity index (χ2n) is 10.9. The van der Waals surface area contributed by atoms with E-state index in [4.69, 9.17) is 28.4 Å². The molecule has 0 radical (unpaired) electrons. The molecule has 0 spiro atoms. The first-order valence-electron chi connectivity index (χ1n) is 14.0. The van der Waals surface area contributed by atoms with E-state index in [-0.39, 0.29) is 6.61 Å². The average Bonchev–Trinajstić information content (AvgIpc) is 2.90. The summed E-state index contributed by atoms with van der Waals surface area (Å²) in [5.74, 6) is -1.81. The zero-order valence-electron chi connectivity index (χ0n) is 25.5. The molecule has 1 heterocycles. The third-order valence-corrected chi connectivity index (χ3v) is 7.31. The number of hydrogen-bond donors (Lipinski definition) is 0. The standard InChI is InChI=1S/C32H39BrO10/c1-17(2)12-23-15-27(38-7)26(14-24(23)13-22-8-10-25(33)11-9-22)29-31(41-20(5)36)32(42-21(6)37)30(40-19(4)35)28(43-29)16-39-18(3)34/h8-11,14-15,17,28-32H,12-13,16H2,1-7H3/t28-,29+,30-,31+,32+/m1/s1. The van der Waals surface area contributed by atoms with Gasteiger partial charge in [0.1, 0.15) is 24.6 Å². The van der Waals surface area contributed by atoms with Gasteiger partial charge in [0.25, 0.3) is 0 Å². The average molecular weight is 664 g/mol. The number of rotatable bonds is 11. The van der Waals surface area contributed by atoms with Gasteiger partial charge in [0.2, 0.25) is 0 Å². The molecule has 43 heavy (non-hydrogen) atoms. The summed E-state index contributed by atoms with van der Waals surface area (Å²) in [4.78, 5) is 48.5. The number of ether oxygens (including phenoxy) is 6. The Balaban J connectivity index is 2.22. The number of carbonyl (C=O) groups excluding carboxylic acids is 4. The summed E-state index contributed by atoms with van der Waals surface area (Å²) in [6.07, 6.45) is -4.49. The molecule has 1 fully saturated rings. The third-order valence-electron chi connectivity index (χ3n) is 6.79. The summed E-state index contributed by atoms with van der Waals surface area (Å²) in [6.45, 7) is 8.78. The zero-order valence-corrected chi connectivity index (χ0v) is 27.1. The van der Waals surface area contributed by atoms with Crippen molar-refractivity contribution in [2.45, 2.75) is 84.9 Å². The molecule has 2 aromatic rings. The molecule has 0 aliphatic carbocycles. The first kappa shape index (κ1) is 34.1. The summed E-state index contributed by atoms with van der Waals surface area (Å²) in [6, 6.07) is 11.9. The molecule has 0 saturated carbocycles. The lowest BCUT2D eigenvalue weighted by atomic mass is 9.86. The van der Waals surface area contributed by atoms with E-state index in [1.165, 1.54) is 34.8 Å². The minimum Gasteiger partial charge on any atom is -0.496 e. The van der Waals surface area contributed by atoms with E-state index in [2.05, 4.69) is 29.8 Å². The second kappa shape index (κ2) is 15.3. The van der Waals surface area contributed by atoms with E-state index in [1.807, 2.05) is 36.4 Å². The molecule has 0 unspecified atom stereocenters. The van der Waals surface area contributed by atoms with Gasteiger partial charge in [-0.15, -0.1) is 0 Å². The van der Waals surface area contributed by atoms with Gasteiger partial charge in [0.05, 0.1) is 7.11 Å². The zero-order chi connectivity index (χ0) is 31.8. The van der Waals surface area contributed by atoms with E-state index in [9.17, 15) is 19.2 Å². The fraction of sp³-hybridized carbons (Fsp3) is 0.500. The molecule has 3 rings (SSSR count). The maximum absolute atomic E-state index is 12.4. The Labute approximate surface area is 260 Å². The van der Waals surface area contributed by atoms with Crippen molar-refractivity contribution in [1.82, 2.24) is 0 Å². The Hall–Kier alpha value is -3.44. The lowest BCUT2D eigenvalue weighted by Crippen LogP contribution is -2.59. The van der Waals surface area contributed by atoms with Crippen LogP contribution in [-0.2, 0) is 55.7 Å². The number of hydrogen-bond acceptors (Lipinski definition) is 10. The predicted octanol–water partition coefficient (Wildman–Crippen LogP) is 5.05. The van der Waals surface area contributed by atoms with Crippen LogP contribution >= 0.6 is 15.9 Å². The highest BCUT2D eigenvalue weighted by Gasteiger charge is 2.53. The van der Waals surface area contributed by atoms with E-state index in [0.29, 0.717) is 23.7 Å². The summed E-state index contributed by atoms with van der Waals surface area (Å²) in [5, 5.41) is 0. The fourth-order valence-electron chi connectivity index (χ4n) is 5.18. The number of carbonyl (C=O) groups is 4. The Bertz CT molecular complexity index is 1310. The van der Waals surface area contributed by atoms with Crippen molar-refractivity contribution in [3.05, 3.63) is 63.1 Å². The number of halogens is 1. The first-order chi connectivity index (χ1) is 20.3. The largest absolute Gasteiger partial charge is 0.496 e. The van der Waals surface area contributed by atoms with Crippen LogP contribution in [0.25, 0.3) is 0 Å². The maximum Gasteiger partial charge on any atom is 0.303 e. The van der Waals surface area contributed by atoms with Crippen molar-refractivity contribution in [2.24, 2.45) is 5.92 Å². The van der Waals surface area contributed by atoms with Gasteiger partial charge in [-0.05, 0) is 59.7 Å². The molecular weight excluding hydrogens is 624 g/mol. The normalized spacial score (nSPS) is 21.6. The van der Waals surface area contributed by atoms with Gasteiger partial charge in [-0.1, -0.05) is 41.9 Å². The van der Waals surface area contributed by atoms with Gasteiger partial charge in [-0.2, -0.15) is 0 Å². The van der Waals surface area contributed by atoms with Crippen LogP contribution in [0.1, 0.15) is 69.9 Å². The predicted molar refractivity (Wildman–Crippen MR) is 159 cm³/mol. The summed E-state index contributed by atoms with van der Waals surface area (Å²) >= 11 is 3.48. The van der Waals surface area contributed by atoms with E-state index in [0.717, 1.165) is 27.6 Å². The molecule has 10 nitrogen and oxygen atoms in total. The molecule has 1 saturated heterocycles. The molecule has 0 aromatic heterocycles. The van der Waals surface area contributed by atoms with Crippen molar-refractivity contribution < 1.29 is 47.6 Å². The van der Waals surface area contributed by atoms with Crippen LogP contribution in [0.15, 0.2) is 40.9 Å². The molecule has 0 N–H and O–H groups in total. The lowest BCUT2D eigenvalue weighted by molar-refractivity contribution is -0.254. The SMILES string of the molecule is COc1cc(CC(C)C)c(Cc2ccc(Br)cc2)cc1[C@@H]1O[C@H](COC(C)=O)[C@@H](OC(C)=O)[C@H](OC(C)=O)[C@H]1OC(C)=O. The number of benzene rings is 2. The Morgan fingerprint density at radius 3 is 1.93 bits per heavy atom. The molecule has 0 amide bonds. The maximum atomic E-state index is 12.4. The first-order valence-corrected chi connectivity index (χ1v) is 14.8. The molecule has 1 aliphatic heterocycles. The Morgan fingerprint density at radius 2 is 1.40 bits per heavy atom. The second-order valence-corrected chi connectivity index (χ2v) is 11.8. The summed E-state index contributed by atoms with van der Waals surface area (Å²) in [7, 11) is 1.53. The molecular formula is C32H39BrO10. The van der Waals surface area contributed by atoms with Gasteiger partial charge in [-0.3, -0.25) is 19.2 Å². The molecule has 0 bridgehead atoms. The van der Waals surface area contributed by atoms with Gasteiger partial charge < -0.3 is 28.4 Å². The minimum absolute atomic E-state index is 0.312. The Kier molecular flexibility index (Phi) is 12.1. The van der Waals surface area contributed by atoms with Crippen LogP contribution < -0.4 is 4.74 Å². The van der Waals surface area contributed by atoms with Crippen LogP contribution in [0.5, 0.6) is 5.75 Å². The van der Waals surface area contributed by atoms with E-state index < -0.39 is 54.4 Å².